The third-order valence-corrected chi connectivity index (χ3v) is 3.46. The van der Waals surface area contributed by atoms with Gasteiger partial charge in [0.1, 0.15) is 5.76 Å². The van der Waals surface area contributed by atoms with Crippen molar-refractivity contribution in [3.05, 3.63) is 62.5 Å². The first-order valence-electron chi connectivity index (χ1n) is 6.28. The van der Waals surface area contributed by atoms with E-state index in [1.165, 1.54) is 12.1 Å². The monoisotopic (exact) mass is 338 g/mol. The molecular weight excluding hydrogens is 324 g/mol. The van der Waals surface area contributed by atoms with Crippen LogP contribution in [-0.2, 0) is 6.42 Å². The maximum Gasteiger partial charge on any atom is 0.269 e. The summed E-state index contributed by atoms with van der Waals surface area (Å²) < 4.78 is 6.19. The molecule has 20 heavy (non-hydrogen) atoms. The maximum atomic E-state index is 10.6. The molecule has 106 valence electrons. The van der Waals surface area contributed by atoms with Crippen molar-refractivity contribution in [1.29, 1.82) is 0 Å². The lowest BCUT2D eigenvalue weighted by molar-refractivity contribution is -0.384. The summed E-state index contributed by atoms with van der Waals surface area (Å²) in [6.07, 6.45) is 0.810. The van der Waals surface area contributed by atoms with Gasteiger partial charge in [-0.1, -0.05) is 12.1 Å². The molecule has 0 amide bonds. The standard InChI is InChI=1S/C14H15BrN2O3/c1-10(13-6-7-14(15)20-13)16-9-8-11-2-4-12(5-3-11)17(18)19/h2-7,10,16H,8-9H2,1H3. The van der Waals surface area contributed by atoms with Crippen LogP contribution in [0.4, 0.5) is 5.69 Å². The quantitative estimate of drug-likeness (QED) is 0.641. The minimum Gasteiger partial charge on any atom is -0.453 e. The minimum atomic E-state index is -0.390. The number of non-ortho nitro benzene ring substituents is 1. The van der Waals surface area contributed by atoms with Gasteiger partial charge in [0.15, 0.2) is 4.67 Å². The van der Waals surface area contributed by atoms with Gasteiger partial charge in [-0.05, 0) is 53.5 Å². The largest absolute Gasteiger partial charge is 0.453 e. The summed E-state index contributed by atoms with van der Waals surface area (Å²) in [5, 5.41) is 13.9. The van der Waals surface area contributed by atoms with Gasteiger partial charge in [0.05, 0.1) is 11.0 Å². The van der Waals surface area contributed by atoms with Crippen molar-refractivity contribution in [2.24, 2.45) is 0 Å². The molecule has 0 bridgehead atoms. The molecule has 0 aliphatic carbocycles. The van der Waals surface area contributed by atoms with Gasteiger partial charge in [-0.15, -0.1) is 0 Å². The summed E-state index contributed by atoms with van der Waals surface area (Å²) in [7, 11) is 0. The van der Waals surface area contributed by atoms with E-state index in [1.807, 2.05) is 19.1 Å². The lowest BCUT2D eigenvalue weighted by Crippen LogP contribution is -2.20. The summed E-state index contributed by atoms with van der Waals surface area (Å²) in [6, 6.07) is 10.5. The number of hydrogen-bond donors (Lipinski definition) is 1. The normalized spacial score (nSPS) is 12.3. The van der Waals surface area contributed by atoms with Crippen LogP contribution in [0.15, 0.2) is 45.5 Å². The predicted octanol–water partition coefficient (Wildman–Crippen LogP) is 3.84. The second kappa shape index (κ2) is 6.67. The zero-order valence-electron chi connectivity index (χ0n) is 11.0. The summed E-state index contributed by atoms with van der Waals surface area (Å²) in [5.41, 5.74) is 1.19. The zero-order chi connectivity index (χ0) is 14.5. The van der Waals surface area contributed by atoms with Gasteiger partial charge in [-0.25, -0.2) is 0 Å². The Morgan fingerprint density at radius 2 is 2.00 bits per heavy atom. The number of benzene rings is 1. The highest BCUT2D eigenvalue weighted by molar-refractivity contribution is 9.10. The van der Waals surface area contributed by atoms with Crippen molar-refractivity contribution in [2.75, 3.05) is 6.54 Å². The van der Waals surface area contributed by atoms with Crippen LogP contribution < -0.4 is 5.32 Å². The van der Waals surface area contributed by atoms with Crippen molar-refractivity contribution in [1.82, 2.24) is 5.32 Å². The summed E-state index contributed by atoms with van der Waals surface area (Å²) >= 11 is 3.27. The van der Waals surface area contributed by atoms with E-state index < -0.39 is 4.92 Å². The Kier molecular flexibility index (Phi) is 4.92. The van der Waals surface area contributed by atoms with Gasteiger partial charge in [-0.2, -0.15) is 0 Å². The lowest BCUT2D eigenvalue weighted by Gasteiger charge is -2.11. The summed E-state index contributed by atoms with van der Waals surface area (Å²) in [4.78, 5) is 10.2. The van der Waals surface area contributed by atoms with Crippen LogP contribution >= 0.6 is 15.9 Å². The van der Waals surface area contributed by atoms with E-state index in [1.54, 1.807) is 12.1 Å². The second-order valence-corrected chi connectivity index (χ2v) is 5.27. The molecule has 1 unspecified atom stereocenters. The molecule has 0 spiro atoms. The van der Waals surface area contributed by atoms with Gasteiger partial charge >= 0.3 is 0 Å². The smallest absolute Gasteiger partial charge is 0.269 e. The summed E-state index contributed by atoms with van der Waals surface area (Å²) in [6.45, 7) is 2.80. The number of nitrogens with one attached hydrogen (secondary N) is 1. The van der Waals surface area contributed by atoms with Crippen molar-refractivity contribution in [3.63, 3.8) is 0 Å². The van der Waals surface area contributed by atoms with Crippen LogP contribution in [0.1, 0.15) is 24.3 Å². The molecule has 1 heterocycles. The molecule has 1 aromatic carbocycles. The molecule has 0 saturated heterocycles. The zero-order valence-corrected chi connectivity index (χ0v) is 12.6. The molecular formula is C14H15BrN2O3. The first-order chi connectivity index (χ1) is 9.56. The van der Waals surface area contributed by atoms with E-state index in [2.05, 4.69) is 21.2 Å². The molecule has 0 saturated carbocycles. The van der Waals surface area contributed by atoms with Gasteiger partial charge in [0, 0.05) is 12.1 Å². The molecule has 0 aliphatic heterocycles. The number of nitro benzene ring substituents is 1. The predicted molar refractivity (Wildman–Crippen MR) is 79.6 cm³/mol. The Morgan fingerprint density at radius 3 is 2.55 bits per heavy atom. The third kappa shape index (κ3) is 3.91. The second-order valence-electron chi connectivity index (χ2n) is 4.49. The topological polar surface area (TPSA) is 68.3 Å². The molecule has 1 aromatic heterocycles. The van der Waals surface area contributed by atoms with Crippen LogP contribution in [-0.4, -0.2) is 11.5 Å². The van der Waals surface area contributed by atoms with Gasteiger partial charge < -0.3 is 9.73 Å². The number of nitrogens with zero attached hydrogens (tertiary/aromatic N) is 1. The van der Waals surface area contributed by atoms with Crippen LogP contribution in [0.25, 0.3) is 0 Å². The highest BCUT2D eigenvalue weighted by atomic mass is 79.9. The Morgan fingerprint density at radius 1 is 1.30 bits per heavy atom. The Bertz CT molecular complexity index is 580. The molecule has 6 heteroatoms. The Labute approximate surface area is 125 Å². The van der Waals surface area contributed by atoms with Gasteiger partial charge in [0.2, 0.25) is 0 Å². The molecule has 1 N–H and O–H groups in total. The SMILES string of the molecule is CC(NCCc1ccc([N+](=O)[O-])cc1)c1ccc(Br)o1. The molecule has 2 aromatic rings. The van der Waals surface area contributed by atoms with Crippen LogP contribution in [0.2, 0.25) is 0 Å². The van der Waals surface area contributed by atoms with Crippen molar-refractivity contribution in [3.8, 4) is 0 Å². The van der Waals surface area contributed by atoms with Crippen LogP contribution in [0.5, 0.6) is 0 Å². The van der Waals surface area contributed by atoms with Gasteiger partial charge in [0.25, 0.3) is 5.69 Å². The number of nitro groups is 1. The van der Waals surface area contributed by atoms with Crippen molar-refractivity contribution >= 4 is 21.6 Å². The van der Waals surface area contributed by atoms with E-state index in [4.69, 9.17) is 4.42 Å². The number of rotatable bonds is 6. The first kappa shape index (κ1) is 14.7. The van der Waals surface area contributed by atoms with E-state index in [-0.39, 0.29) is 11.7 Å². The molecule has 0 radical (unpaired) electrons. The number of furan rings is 1. The minimum absolute atomic E-state index is 0.121. The highest BCUT2D eigenvalue weighted by Gasteiger charge is 2.09. The maximum absolute atomic E-state index is 10.6. The fraction of sp³-hybridized carbons (Fsp3) is 0.286. The fourth-order valence-electron chi connectivity index (χ4n) is 1.88. The van der Waals surface area contributed by atoms with E-state index in [0.29, 0.717) is 0 Å². The molecule has 5 nitrogen and oxygen atoms in total. The molecule has 2 rings (SSSR count). The highest BCUT2D eigenvalue weighted by Crippen LogP contribution is 2.20. The van der Waals surface area contributed by atoms with E-state index >= 15 is 0 Å². The number of halogens is 1. The van der Waals surface area contributed by atoms with E-state index in [0.717, 1.165) is 29.0 Å². The molecule has 0 fully saturated rings. The average Bonchev–Trinajstić information content (AvgIpc) is 2.86. The van der Waals surface area contributed by atoms with Crippen LogP contribution in [0, 0.1) is 10.1 Å². The Balaban J connectivity index is 1.82. The molecule has 1 atom stereocenters. The van der Waals surface area contributed by atoms with E-state index in [9.17, 15) is 10.1 Å². The summed E-state index contributed by atoms with van der Waals surface area (Å²) in [5.74, 6) is 0.876. The first-order valence-corrected chi connectivity index (χ1v) is 7.07. The van der Waals surface area contributed by atoms with Crippen molar-refractivity contribution in [2.45, 2.75) is 19.4 Å². The average molecular weight is 339 g/mol. The molecule has 0 aliphatic rings. The van der Waals surface area contributed by atoms with Gasteiger partial charge in [-0.3, -0.25) is 10.1 Å². The lowest BCUT2D eigenvalue weighted by atomic mass is 10.1. The van der Waals surface area contributed by atoms with Crippen LogP contribution in [0.3, 0.4) is 0 Å². The Hall–Kier alpha value is -1.66. The number of hydrogen-bond acceptors (Lipinski definition) is 4. The third-order valence-electron chi connectivity index (χ3n) is 3.03. The fourth-order valence-corrected chi connectivity index (χ4v) is 2.20. The van der Waals surface area contributed by atoms with Crippen molar-refractivity contribution < 1.29 is 9.34 Å².